The second-order valence-corrected chi connectivity index (χ2v) is 3.67. The number of nitrogens with zero attached hydrogens (tertiary/aromatic N) is 2. The Bertz CT molecular complexity index is 481. The van der Waals surface area contributed by atoms with Gasteiger partial charge in [-0.05, 0) is 36.7 Å². The molecule has 0 saturated heterocycles. The lowest BCUT2D eigenvalue weighted by molar-refractivity contribution is 0.969. The fourth-order valence-corrected chi connectivity index (χ4v) is 1.48. The highest BCUT2D eigenvalue weighted by molar-refractivity contribution is 5.54. The van der Waals surface area contributed by atoms with E-state index < -0.39 is 0 Å². The third-order valence-electron chi connectivity index (χ3n) is 2.32. The topological polar surface area (TPSA) is 89.8 Å². The average Bonchev–Trinajstić information content (AvgIpc) is 2.32. The van der Waals surface area contributed by atoms with E-state index in [0.29, 0.717) is 18.3 Å². The van der Waals surface area contributed by atoms with Gasteiger partial charge in [0.2, 0.25) is 5.95 Å². The SMILES string of the molecule is NCCc1ccc(Nc2nccc(N)n2)cc1. The highest BCUT2D eigenvalue weighted by atomic mass is 15.1. The molecule has 0 bridgehead atoms. The summed E-state index contributed by atoms with van der Waals surface area (Å²) < 4.78 is 0. The molecule has 1 aromatic heterocycles. The molecule has 0 unspecified atom stereocenters. The number of hydrogen-bond donors (Lipinski definition) is 3. The summed E-state index contributed by atoms with van der Waals surface area (Å²) in [6.07, 6.45) is 2.50. The van der Waals surface area contributed by atoms with Crippen molar-refractivity contribution < 1.29 is 0 Å². The van der Waals surface area contributed by atoms with Gasteiger partial charge in [-0.15, -0.1) is 0 Å². The van der Waals surface area contributed by atoms with Crippen LogP contribution in [0.1, 0.15) is 5.56 Å². The van der Waals surface area contributed by atoms with Crippen LogP contribution < -0.4 is 16.8 Å². The minimum atomic E-state index is 0.447. The lowest BCUT2D eigenvalue weighted by Crippen LogP contribution is -2.03. The zero-order valence-corrected chi connectivity index (χ0v) is 9.43. The van der Waals surface area contributed by atoms with E-state index >= 15 is 0 Å². The van der Waals surface area contributed by atoms with Gasteiger partial charge in [0.25, 0.3) is 0 Å². The number of nitrogen functional groups attached to an aromatic ring is 1. The standard InChI is InChI=1S/C12H15N5/c13-7-5-9-1-3-10(4-2-9)16-12-15-8-6-11(14)17-12/h1-4,6,8H,5,7,13H2,(H3,14,15,16,17). The maximum Gasteiger partial charge on any atom is 0.229 e. The van der Waals surface area contributed by atoms with Gasteiger partial charge in [0, 0.05) is 11.9 Å². The summed E-state index contributed by atoms with van der Waals surface area (Å²) >= 11 is 0. The van der Waals surface area contributed by atoms with Crippen LogP contribution in [0.15, 0.2) is 36.5 Å². The molecule has 5 N–H and O–H groups in total. The summed E-state index contributed by atoms with van der Waals surface area (Å²) in [6, 6.07) is 9.65. The van der Waals surface area contributed by atoms with Crippen LogP contribution in [0.2, 0.25) is 0 Å². The molecular weight excluding hydrogens is 214 g/mol. The van der Waals surface area contributed by atoms with E-state index in [4.69, 9.17) is 11.5 Å². The molecule has 1 aromatic carbocycles. The van der Waals surface area contributed by atoms with Crippen molar-refractivity contribution in [2.45, 2.75) is 6.42 Å². The number of nitrogens with one attached hydrogen (secondary N) is 1. The fourth-order valence-electron chi connectivity index (χ4n) is 1.48. The number of aromatic nitrogens is 2. The second-order valence-electron chi connectivity index (χ2n) is 3.67. The molecule has 0 saturated carbocycles. The van der Waals surface area contributed by atoms with Crippen LogP contribution >= 0.6 is 0 Å². The Morgan fingerprint density at radius 3 is 2.53 bits per heavy atom. The Labute approximate surface area is 99.9 Å². The van der Waals surface area contributed by atoms with Crippen LogP contribution in [0.3, 0.4) is 0 Å². The summed E-state index contributed by atoms with van der Waals surface area (Å²) in [7, 11) is 0. The van der Waals surface area contributed by atoms with E-state index in [9.17, 15) is 0 Å². The zero-order chi connectivity index (χ0) is 12.1. The first-order valence-corrected chi connectivity index (χ1v) is 5.42. The van der Waals surface area contributed by atoms with Crippen molar-refractivity contribution in [3.63, 3.8) is 0 Å². The maximum atomic E-state index is 5.57. The molecule has 2 rings (SSSR count). The molecule has 0 fully saturated rings. The number of benzene rings is 1. The molecule has 5 heteroatoms. The Balaban J connectivity index is 2.08. The molecule has 0 aliphatic heterocycles. The minimum absolute atomic E-state index is 0.447. The van der Waals surface area contributed by atoms with Crippen molar-refractivity contribution in [2.24, 2.45) is 5.73 Å². The fraction of sp³-hybridized carbons (Fsp3) is 0.167. The van der Waals surface area contributed by atoms with Gasteiger partial charge in [-0.25, -0.2) is 4.98 Å². The van der Waals surface area contributed by atoms with Crippen molar-refractivity contribution in [2.75, 3.05) is 17.6 Å². The van der Waals surface area contributed by atoms with Crippen LogP contribution in [-0.2, 0) is 6.42 Å². The van der Waals surface area contributed by atoms with Crippen molar-refractivity contribution in [3.8, 4) is 0 Å². The molecule has 0 spiro atoms. The van der Waals surface area contributed by atoms with E-state index in [1.54, 1.807) is 12.3 Å². The van der Waals surface area contributed by atoms with Gasteiger partial charge in [0.15, 0.2) is 0 Å². The quantitative estimate of drug-likeness (QED) is 0.735. The van der Waals surface area contributed by atoms with Crippen LogP contribution in [0.4, 0.5) is 17.5 Å². The monoisotopic (exact) mass is 229 g/mol. The van der Waals surface area contributed by atoms with Crippen molar-refractivity contribution >= 4 is 17.5 Å². The van der Waals surface area contributed by atoms with Gasteiger partial charge in [-0.2, -0.15) is 4.98 Å². The van der Waals surface area contributed by atoms with E-state index in [1.165, 1.54) is 5.56 Å². The highest BCUT2D eigenvalue weighted by Gasteiger charge is 1.98. The van der Waals surface area contributed by atoms with Crippen molar-refractivity contribution in [1.29, 1.82) is 0 Å². The Morgan fingerprint density at radius 1 is 1.12 bits per heavy atom. The van der Waals surface area contributed by atoms with Crippen LogP contribution in [0, 0.1) is 0 Å². The van der Waals surface area contributed by atoms with Gasteiger partial charge in [-0.3, -0.25) is 0 Å². The van der Waals surface area contributed by atoms with E-state index in [2.05, 4.69) is 15.3 Å². The molecule has 0 amide bonds. The zero-order valence-electron chi connectivity index (χ0n) is 9.43. The molecular formula is C12H15N5. The van der Waals surface area contributed by atoms with E-state index in [1.807, 2.05) is 24.3 Å². The predicted octanol–water partition coefficient (Wildman–Crippen LogP) is 1.30. The first kappa shape index (κ1) is 11.3. The van der Waals surface area contributed by atoms with Gasteiger partial charge in [0.05, 0.1) is 0 Å². The number of rotatable bonds is 4. The molecule has 5 nitrogen and oxygen atoms in total. The lowest BCUT2D eigenvalue weighted by atomic mass is 10.1. The summed E-state index contributed by atoms with van der Waals surface area (Å²) in [5.41, 5.74) is 13.2. The Morgan fingerprint density at radius 2 is 1.88 bits per heavy atom. The second kappa shape index (κ2) is 5.27. The molecule has 0 radical (unpaired) electrons. The summed E-state index contributed by atoms with van der Waals surface area (Å²) in [5, 5.41) is 3.08. The number of anilines is 3. The van der Waals surface area contributed by atoms with Crippen LogP contribution in [-0.4, -0.2) is 16.5 Å². The lowest BCUT2D eigenvalue weighted by Gasteiger charge is -2.05. The van der Waals surface area contributed by atoms with Gasteiger partial charge >= 0.3 is 0 Å². The van der Waals surface area contributed by atoms with Crippen LogP contribution in [0.25, 0.3) is 0 Å². The summed E-state index contributed by atoms with van der Waals surface area (Å²) in [5.74, 6) is 0.943. The Kier molecular flexibility index (Phi) is 3.52. The largest absolute Gasteiger partial charge is 0.384 e. The van der Waals surface area contributed by atoms with Gasteiger partial charge in [-0.1, -0.05) is 12.1 Å². The highest BCUT2D eigenvalue weighted by Crippen LogP contribution is 2.14. The number of hydrogen-bond acceptors (Lipinski definition) is 5. The molecule has 88 valence electrons. The maximum absolute atomic E-state index is 5.57. The average molecular weight is 229 g/mol. The smallest absolute Gasteiger partial charge is 0.229 e. The van der Waals surface area contributed by atoms with E-state index in [0.717, 1.165) is 12.1 Å². The third-order valence-corrected chi connectivity index (χ3v) is 2.32. The normalized spacial score (nSPS) is 10.2. The predicted molar refractivity (Wildman–Crippen MR) is 68.9 cm³/mol. The third kappa shape index (κ3) is 3.15. The minimum Gasteiger partial charge on any atom is -0.384 e. The van der Waals surface area contributed by atoms with Crippen molar-refractivity contribution in [3.05, 3.63) is 42.1 Å². The molecule has 1 heterocycles. The molecule has 0 aliphatic carbocycles. The molecule has 17 heavy (non-hydrogen) atoms. The Hall–Kier alpha value is -2.14. The van der Waals surface area contributed by atoms with Gasteiger partial charge < -0.3 is 16.8 Å². The molecule has 0 atom stereocenters. The number of nitrogens with two attached hydrogens (primary N) is 2. The first-order chi connectivity index (χ1) is 8.28. The molecule has 2 aromatic rings. The summed E-state index contributed by atoms with van der Waals surface area (Å²) in [6.45, 7) is 0.658. The van der Waals surface area contributed by atoms with Crippen molar-refractivity contribution in [1.82, 2.24) is 9.97 Å². The summed E-state index contributed by atoms with van der Waals surface area (Å²) in [4.78, 5) is 8.13. The van der Waals surface area contributed by atoms with Crippen LogP contribution in [0.5, 0.6) is 0 Å². The first-order valence-electron chi connectivity index (χ1n) is 5.42. The van der Waals surface area contributed by atoms with E-state index in [-0.39, 0.29) is 0 Å². The molecule has 0 aliphatic rings. The van der Waals surface area contributed by atoms with Gasteiger partial charge in [0.1, 0.15) is 5.82 Å².